The van der Waals surface area contributed by atoms with Crippen LogP contribution in [0.2, 0.25) is 5.02 Å². The van der Waals surface area contributed by atoms with Gasteiger partial charge in [0.2, 0.25) is 10.0 Å². The van der Waals surface area contributed by atoms with E-state index in [4.69, 9.17) is 16.3 Å². The molecule has 0 radical (unpaired) electrons. The fraction of sp³-hybridized carbons (Fsp3) is 0.368. The molecule has 140 valence electrons. The lowest BCUT2D eigenvalue weighted by atomic mass is 9.79. The first-order chi connectivity index (χ1) is 12.2. The van der Waals surface area contributed by atoms with Gasteiger partial charge >= 0.3 is 0 Å². The van der Waals surface area contributed by atoms with Crippen LogP contribution in [0, 0.1) is 6.92 Å². The highest BCUT2D eigenvalue weighted by molar-refractivity contribution is 7.89. The summed E-state index contributed by atoms with van der Waals surface area (Å²) in [4.78, 5) is 0.0856. The van der Waals surface area contributed by atoms with Crippen molar-refractivity contribution in [1.29, 1.82) is 0 Å². The van der Waals surface area contributed by atoms with Gasteiger partial charge in [0.15, 0.2) is 0 Å². The number of hydrogen-bond acceptors (Lipinski definition) is 4. The maximum absolute atomic E-state index is 12.6. The molecule has 2 aromatic carbocycles. The molecule has 1 aliphatic rings. The number of aryl methyl sites for hydroxylation is 2. The van der Waals surface area contributed by atoms with Crippen molar-refractivity contribution in [2.45, 2.75) is 36.7 Å². The summed E-state index contributed by atoms with van der Waals surface area (Å²) in [6.07, 6.45) is 2.09. The van der Waals surface area contributed by atoms with E-state index in [1.54, 1.807) is 19.2 Å². The van der Waals surface area contributed by atoms with Gasteiger partial charge in [-0.15, -0.1) is 0 Å². The molecule has 1 aliphatic carbocycles. The smallest absolute Gasteiger partial charge is 0.240 e. The summed E-state index contributed by atoms with van der Waals surface area (Å²) in [5.41, 5.74) is 1.28. The van der Waals surface area contributed by atoms with E-state index in [0.29, 0.717) is 11.4 Å². The summed E-state index contributed by atoms with van der Waals surface area (Å²) in [5.74, 6) is 0.725. The maximum atomic E-state index is 12.6. The highest BCUT2D eigenvalue weighted by atomic mass is 35.5. The number of aliphatic hydroxyl groups is 1. The van der Waals surface area contributed by atoms with Crippen LogP contribution in [0.5, 0.6) is 5.75 Å². The summed E-state index contributed by atoms with van der Waals surface area (Å²) in [6, 6.07) is 10.1. The third-order valence-corrected chi connectivity index (χ3v) is 6.66. The van der Waals surface area contributed by atoms with Gasteiger partial charge in [-0.05, 0) is 67.1 Å². The Hall–Kier alpha value is -1.60. The van der Waals surface area contributed by atoms with Crippen molar-refractivity contribution in [2.75, 3.05) is 13.7 Å². The molecule has 0 aliphatic heterocycles. The quantitative estimate of drug-likeness (QED) is 0.815. The molecule has 0 aromatic heterocycles. The van der Waals surface area contributed by atoms with Crippen molar-refractivity contribution in [3.05, 3.63) is 58.1 Å². The Bertz CT molecular complexity index is 929. The molecule has 0 spiro atoms. The summed E-state index contributed by atoms with van der Waals surface area (Å²) in [5, 5.41) is 11.5. The van der Waals surface area contributed by atoms with E-state index in [9.17, 15) is 13.5 Å². The topological polar surface area (TPSA) is 75.6 Å². The molecule has 0 saturated carbocycles. The van der Waals surface area contributed by atoms with Crippen LogP contribution >= 0.6 is 11.6 Å². The minimum absolute atomic E-state index is 0.0856. The third kappa shape index (κ3) is 3.74. The minimum atomic E-state index is -3.77. The molecule has 0 bridgehead atoms. The summed E-state index contributed by atoms with van der Waals surface area (Å²) < 4.78 is 33.0. The average molecular weight is 396 g/mol. The lowest BCUT2D eigenvalue weighted by molar-refractivity contribution is 0.0242. The molecule has 2 aromatic rings. The molecule has 5 nitrogen and oxygen atoms in total. The van der Waals surface area contributed by atoms with Gasteiger partial charge in [-0.2, -0.15) is 0 Å². The predicted molar refractivity (Wildman–Crippen MR) is 101 cm³/mol. The van der Waals surface area contributed by atoms with Gasteiger partial charge in [0.1, 0.15) is 11.4 Å². The van der Waals surface area contributed by atoms with Gasteiger partial charge in [0, 0.05) is 11.6 Å². The number of benzene rings is 2. The number of nitrogens with one attached hydrogen (secondary N) is 1. The Morgan fingerprint density at radius 3 is 2.73 bits per heavy atom. The summed E-state index contributed by atoms with van der Waals surface area (Å²) in [6.45, 7) is 1.71. The van der Waals surface area contributed by atoms with Crippen molar-refractivity contribution in [3.8, 4) is 5.75 Å². The minimum Gasteiger partial charge on any atom is -0.497 e. The van der Waals surface area contributed by atoms with Crippen LogP contribution in [-0.2, 0) is 22.0 Å². The van der Waals surface area contributed by atoms with E-state index < -0.39 is 15.6 Å². The molecular formula is C19H22ClNO4S. The van der Waals surface area contributed by atoms with E-state index in [1.807, 2.05) is 19.1 Å². The first kappa shape index (κ1) is 19.2. The van der Waals surface area contributed by atoms with Gasteiger partial charge in [-0.3, -0.25) is 0 Å². The Labute approximate surface area is 159 Å². The number of fused-ring (bicyclic) bond motifs is 1. The maximum Gasteiger partial charge on any atom is 0.240 e. The second kappa shape index (κ2) is 7.19. The van der Waals surface area contributed by atoms with Gasteiger partial charge in [0.25, 0.3) is 0 Å². The first-order valence-corrected chi connectivity index (χ1v) is 10.3. The van der Waals surface area contributed by atoms with Gasteiger partial charge in [-0.25, -0.2) is 13.1 Å². The lowest BCUT2D eigenvalue weighted by Crippen LogP contribution is -2.42. The molecular weight excluding hydrogens is 374 g/mol. The van der Waals surface area contributed by atoms with E-state index in [1.165, 1.54) is 12.1 Å². The molecule has 0 fully saturated rings. The molecule has 7 heteroatoms. The summed E-state index contributed by atoms with van der Waals surface area (Å²) >= 11 is 6.04. The number of hydrogen-bond donors (Lipinski definition) is 2. The van der Waals surface area contributed by atoms with Crippen molar-refractivity contribution in [2.24, 2.45) is 0 Å². The molecule has 0 saturated heterocycles. The SMILES string of the molecule is COc1ccc2c(c1)CCCC2(O)CNS(=O)(=O)c1ccc(C)c(Cl)c1. The zero-order valence-corrected chi connectivity index (χ0v) is 16.3. The van der Waals surface area contributed by atoms with Gasteiger partial charge in [0.05, 0.1) is 12.0 Å². The molecule has 3 rings (SSSR count). The van der Waals surface area contributed by atoms with E-state index >= 15 is 0 Å². The second-order valence-electron chi connectivity index (χ2n) is 6.64. The Morgan fingerprint density at radius 2 is 2.04 bits per heavy atom. The fourth-order valence-electron chi connectivity index (χ4n) is 3.29. The van der Waals surface area contributed by atoms with E-state index in [2.05, 4.69) is 4.72 Å². The van der Waals surface area contributed by atoms with Gasteiger partial charge in [-0.1, -0.05) is 23.7 Å². The van der Waals surface area contributed by atoms with Crippen LogP contribution in [0.15, 0.2) is 41.3 Å². The Balaban J connectivity index is 1.84. The number of methoxy groups -OCH3 is 1. The van der Waals surface area contributed by atoms with Crippen LogP contribution < -0.4 is 9.46 Å². The average Bonchev–Trinajstić information content (AvgIpc) is 2.62. The molecule has 26 heavy (non-hydrogen) atoms. The predicted octanol–water partition coefficient (Wildman–Crippen LogP) is 3.16. The first-order valence-electron chi connectivity index (χ1n) is 8.41. The number of ether oxygens (including phenoxy) is 1. The number of halogens is 1. The molecule has 1 unspecified atom stereocenters. The lowest BCUT2D eigenvalue weighted by Gasteiger charge is -2.34. The molecule has 0 amide bonds. The standard InChI is InChI=1S/C19H22ClNO4S/c1-13-5-7-16(11-18(13)20)26(23,24)21-12-19(22)9-3-4-14-10-15(25-2)6-8-17(14)19/h5-8,10-11,21-22H,3-4,9,12H2,1-2H3. The van der Waals surface area contributed by atoms with Crippen molar-refractivity contribution in [3.63, 3.8) is 0 Å². The number of sulfonamides is 1. The fourth-order valence-corrected chi connectivity index (χ4v) is 4.65. The Morgan fingerprint density at radius 1 is 1.27 bits per heavy atom. The van der Waals surface area contributed by atoms with Crippen molar-refractivity contribution in [1.82, 2.24) is 4.72 Å². The summed E-state index contributed by atoms with van der Waals surface area (Å²) in [7, 11) is -2.18. The third-order valence-electron chi connectivity index (χ3n) is 4.86. The van der Waals surface area contributed by atoms with Crippen LogP contribution in [-0.4, -0.2) is 27.2 Å². The highest BCUT2D eigenvalue weighted by Crippen LogP contribution is 2.37. The van der Waals surface area contributed by atoms with E-state index in [0.717, 1.165) is 35.3 Å². The number of rotatable bonds is 5. The highest BCUT2D eigenvalue weighted by Gasteiger charge is 2.35. The van der Waals surface area contributed by atoms with Crippen LogP contribution in [0.1, 0.15) is 29.5 Å². The monoisotopic (exact) mass is 395 g/mol. The van der Waals surface area contributed by atoms with Gasteiger partial charge < -0.3 is 9.84 Å². The zero-order valence-electron chi connectivity index (χ0n) is 14.8. The van der Waals surface area contributed by atoms with Crippen LogP contribution in [0.4, 0.5) is 0 Å². The molecule has 0 heterocycles. The Kier molecular flexibility index (Phi) is 5.30. The zero-order chi connectivity index (χ0) is 18.9. The van der Waals surface area contributed by atoms with Crippen molar-refractivity contribution < 1.29 is 18.3 Å². The normalized spacial score (nSPS) is 19.8. The largest absolute Gasteiger partial charge is 0.497 e. The van der Waals surface area contributed by atoms with Crippen LogP contribution in [0.25, 0.3) is 0 Å². The van der Waals surface area contributed by atoms with Crippen molar-refractivity contribution >= 4 is 21.6 Å². The molecule has 1 atom stereocenters. The van der Waals surface area contributed by atoms with E-state index in [-0.39, 0.29) is 11.4 Å². The van der Waals surface area contributed by atoms with Crippen LogP contribution in [0.3, 0.4) is 0 Å². The molecule has 2 N–H and O–H groups in total. The second-order valence-corrected chi connectivity index (χ2v) is 8.82.